The van der Waals surface area contributed by atoms with Gasteiger partial charge in [0.15, 0.2) is 0 Å². The van der Waals surface area contributed by atoms with Crippen molar-refractivity contribution in [3.63, 3.8) is 0 Å². The van der Waals surface area contributed by atoms with Gasteiger partial charge in [-0.05, 0) is 104 Å². The first-order valence-electron chi connectivity index (χ1n) is 19.5. The average Bonchev–Trinajstić information content (AvgIpc) is 3.91. The van der Waals surface area contributed by atoms with E-state index in [4.69, 9.17) is 4.42 Å². The molecule has 2 aliphatic carbocycles. The number of anilines is 3. The Hall–Kier alpha value is -7.42. The van der Waals surface area contributed by atoms with E-state index in [1.807, 2.05) is 6.08 Å². The largest absolute Gasteiger partial charge is 0.455 e. The molecule has 8 aromatic carbocycles. The van der Waals surface area contributed by atoms with E-state index < -0.39 is 5.41 Å². The highest BCUT2D eigenvalue weighted by Crippen LogP contribution is 2.64. The van der Waals surface area contributed by atoms with Gasteiger partial charge in [0.25, 0.3) is 0 Å². The fourth-order valence-electron chi connectivity index (χ4n) is 9.75. The Bertz CT molecular complexity index is 2980. The Kier molecular flexibility index (Phi) is 7.42. The first kappa shape index (κ1) is 33.0. The van der Waals surface area contributed by atoms with Gasteiger partial charge < -0.3 is 9.32 Å². The zero-order valence-corrected chi connectivity index (χ0v) is 31.3. The smallest absolute Gasteiger partial charge is 0.143 e. The lowest BCUT2D eigenvalue weighted by atomic mass is 9.68. The molecule has 0 unspecified atom stereocenters. The van der Waals surface area contributed by atoms with Crippen molar-refractivity contribution in [1.82, 2.24) is 0 Å². The molecule has 11 rings (SSSR count). The van der Waals surface area contributed by atoms with E-state index in [2.05, 4.69) is 206 Å². The Morgan fingerprint density at radius 1 is 0.404 bits per heavy atom. The number of hydrogen-bond donors (Lipinski definition) is 0. The maximum atomic E-state index is 6.30. The quantitative estimate of drug-likeness (QED) is 0.163. The van der Waals surface area contributed by atoms with Crippen LogP contribution >= 0.6 is 0 Å². The summed E-state index contributed by atoms with van der Waals surface area (Å²) < 4.78 is 6.30. The van der Waals surface area contributed by atoms with Crippen LogP contribution < -0.4 is 4.90 Å². The summed E-state index contributed by atoms with van der Waals surface area (Å²) in [6, 6.07) is 68.6. The normalized spacial score (nSPS) is 12.8. The van der Waals surface area contributed by atoms with Crippen molar-refractivity contribution in [3.05, 3.63) is 235 Å². The lowest BCUT2D eigenvalue weighted by Gasteiger charge is -2.32. The van der Waals surface area contributed by atoms with Crippen LogP contribution in [0, 0.1) is 0 Å². The number of benzene rings is 8. The summed E-state index contributed by atoms with van der Waals surface area (Å²) in [5.74, 6) is 0.737. The molecule has 2 aliphatic rings. The van der Waals surface area contributed by atoms with Crippen LogP contribution in [0.2, 0.25) is 0 Å². The van der Waals surface area contributed by atoms with Crippen LogP contribution in [0.1, 0.15) is 33.6 Å². The van der Waals surface area contributed by atoms with Gasteiger partial charge in [0, 0.05) is 33.6 Å². The minimum absolute atomic E-state index is 0.410. The van der Waals surface area contributed by atoms with E-state index in [0.29, 0.717) is 0 Å². The molecule has 0 atom stereocenters. The third-order valence-corrected chi connectivity index (χ3v) is 12.1. The van der Waals surface area contributed by atoms with Crippen LogP contribution in [0.4, 0.5) is 17.1 Å². The van der Waals surface area contributed by atoms with Crippen molar-refractivity contribution < 1.29 is 4.42 Å². The van der Waals surface area contributed by atoms with E-state index >= 15 is 0 Å². The van der Waals surface area contributed by atoms with Crippen LogP contribution in [0.15, 0.2) is 206 Å². The van der Waals surface area contributed by atoms with E-state index in [1.54, 1.807) is 6.08 Å². The molecule has 0 saturated heterocycles. The van der Waals surface area contributed by atoms with Gasteiger partial charge in [-0.3, -0.25) is 0 Å². The first-order chi connectivity index (χ1) is 28.2. The Balaban J connectivity index is 1.03. The maximum absolute atomic E-state index is 6.30. The Morgan fingerprint density at radius 3 is 1.44 bits per heavy atom. The molecule has 2 nitrogen and oxygen atoms in total. The molecule has 0 radical (unpaired) electrons. The minimum Gasteiger partial charge on any atom is -0.455 e. The zero-order valence-electron chi connectivity index (χ0n) is 31.3. The maximum Gasteiger partial charge on any atom is 0.143 e. The summed E-state index contributed by atoms with van der Waals surface area (Å²) in [5.41, 5.74) is 19.9. The predicted octanol–water partition coefficient (Wildman–Crippen LogP) is 14.9. The summed E-state index contributed by atoms with van der Waals surface area (Å²) in [4.78, 5) is 2.32. The zero-order chi connectivity index (χ0) is 38.1. The van der Waals surface area contributed by atoms with Gasteiger partial charge in [0.2, 0.25) is 0 Å². The molecule has 0 saturated carbocycles. The SMILES string of the molecule is C=Cc1oc2c(-c3ccc(N(c4ccccc4)c4ccc(-c5cccc6c5C5(c7ccccc7-c7ccccc75)c5ccccc5-6)cc4)cc3)cccc2c1C=C. The molecule has 1 spiro atoms. The number of hydrogen-bond acceptors (Lipinski definition) is 2. The number of rotatable bonds is 7. The summed E-state index contributed by atoms with van der Waals surface area (Å²) in [6.45, 7) is 7.98. The fourth-order valence-corrected chi connectivity index (χ4v) is 9.75. The van der Waals surface area contributed by atoms with Gasteiger partial charge in [0.05, 0.1) is 5.41 Å². The molecular weight excluding hydrogens is 691 g/mol. The van der Waals surface area contributed by atoms with Crippen molar-refractivity contribution in [2.24, 2.45) is 0 Å². The van der Waals surface area contributed by atoms with Gasteiger partial charge in [-0.25, -0.2) is 0 Å². The number of nitrogens with zero attached hydrogens (tertiary/aromatic N) is 1. The summed E-state index contributed by atoms with van der Waals surface area (Å²) >= 11 is 0. The monoisotopic (exact) mass is 727 g/mol. The number of furan rings is 1. The highest BCUT2D eigenvalue weighted by atomic mass is 16.3. The molecule has 0 aliphatic heterocycles. The molecule has 0 bridgehead atoms. The van der Waals surface area contributed by atoms with E-state index in [0.717, 1.165) is 50.5 Å². The highest BCUT2D eigenvalue weighted by molar-refractivity contribution is 6.00. The molecule has 268 valence electrons. The van der Waals surface area contributed by atoms with Crippen molar-refractivity contribution in [3.8, 4) is 44.5 Å². The molecule has 2 heteroatoms. The molecular formula is C55H37NO. The van der Waals surface area contributed by atoms with E-state index in [-0.39, 0.29) is 0 Å². The molecule has 57 heavy (non-hydrogen) atoms. The Labute approximate surface area is 333 Å². The summed E-state index contributed by atoms with van der Waals surface area (Å²) in [7, 11) is 0. The lowest BCUT2D eigenvalue weighted by molar-refractivity contribution is 0.604. The van der Waals surface area contributed by atoms with Gasteiger partial charge >= 0.3 is 0 Å². The molecule has 1 aromatic heterocycles. The van der Waals surface area contributed by atoms with Gasteiger partial charge in [-0.1, -0.05) is 171 Å². The topological polar surface area (TPSA) is 16.4 Å². The first-order valence-corrected chi connectivity index (χ1v) is 19.5. The summed E-state index contributed by atoms with van der Waals surface area (Å²) in [6.07, 6.45) is 3.59. The minimum atomic E-state index is -0.410. The van der Waals surface area contributed by atoms with Crippen molar-refractivity contribution in [2.75, 3.05) is 4.90 Å². The Morgan fingerprint density at radius 2 is 0.860 bits per heavy atom. The van der Waals surface area contributed by atoms with Crippen LogP contribution in [-0.2, 0) is 5.41 Å². The average molecular weight is 728 g/mol. The van der Waals surface area contributed by atoms with Crippen LogP contribution in [0.25, 0.3) is 67.6 Å². The van der Waals surface area contributed by atoms with E-state index in [1.165, 1.54) is 55.6 Å². The molecule has 0 amide bonds. The van der Waals surface area contributed by atoms with Crippen LogP contribution in [-0.4, -0.2) is 0 Å². The van der Waals surface area contributed by atoms with Crippen molar-refractivity contribution in [1.29, 1.82) is 0 Å². The van der Waals surface area contributed by atoms with Gasteiger partial charge in [-0.2, -0.15) is 0 Å². The second kappa shape index (κ2) is 12.8. The van der Waals surface area contributed by atoms with Crippen LogP contribution in [0.5, 0.6) is 0 Å². The lowest BCUT2D eigenvalue weighted by Crippen LogP contribution is -2.26. The second-order valence-corrected chi connectivity index (χ2v) is 14.9. The standard InChI is InChI=1S/C55H37NO/c1-3-41-48-24-15-22-43(54(48)57-52(41)4-2)37-30-34-40(35-31-37)56(38-16-6-5-7-17-38)39-32-28-36(29-33-39)42-21-14-23-47-46-20-10-13-27-51(46)55(53(42)47)49-25-11-8-18-44(49)45-19-9-12-26-50(45)55/h3-35H,1-2H2. The number of para-hydroxylation sites is 2. The summed E-state index contributed by atoms with van der Waals surface area (Å²) in [5, 5.41) is 1.03. The molecule has 9 aromatic rings. The molecule has 1 heterocycles. The highest BCUT2D eigenvalue weighted by Gasteiger charge is 2.52. The van der Waals surface area contributed by atoms with E-state index in [9.17, 15) is 0 Å². The third-order valence-electron chi connectivity index (χ3n) is 12.1. The fraction of sp³-hybridized carbons (Fsp3) is 0.0182. The van der Waals surface area contributed by atoms with Crippen molar-refractivity contribution in [2.45, 2.75) is 5.41 Å². The third kappa shape index (κ3) is 4.71. The van der Waals surface area contributed by atoms with Crippen molar-refractivity contribution >= 4 is 40.2 Å². The molecule has 0 fully saturated rings. The van der Waals surface area contributed by atoms with Gasteiger partial charge in [-0.15, -0.1) is 0 Å². The molecule has 0 N–H and O–H groups in total. The second-order valence-electron chi connectivity index (χ2n) is 14.9. The van der Waals surface area contributed by atoms with Crippen LogP contribution in [0.3, 0.4) is 0 Å². The predicted molar refractivity (Wildman–Crippen MR) is 238 cm³/mol. The number of fused-ring (bicyclic) bond motifs is 11. The van der Waals surface area contributed by atoms with Gasteiger partial charge in [0.1, 0.15) is 11.3 Å².